The van der Waals surface area contributed by atoms with Crippen LogP contribution in [0, 0.1) is 13.8 Å². The topological polar surface area (TPSA) is 26.5 Å². The Morgan fingerprint density at radius 3 is 2.60 bits per heavy atom. The van der Waals surface area contributed by atoms with Crippen LogP contribution >= 0.6 is 0 Å². The molecule has 0 fully saturated rings. The van der Waals surface area contributed by atoms with E-state index in [2.05, 4.69) is 68.8 Å². The fourth-order valence-electron chi connectivity index (χ4n) is 2.86. The van der Waals surface area contributed by atoms with Gasteiger partial charge in [0, 0.05) is 6.20 Å². The molecule has 2 heterocycles. The number of nitrogens with zero attached hydrogens (tertiary/aromatic N) is 3. The molecule has 0 N–H and O–H groups in total. The molecule has 3 aromatic rings. The Bertz CT molecular complexity index is 865. The van der Waals surface area contributed by atoms with Crippen LogP contribution in [0.1, 0.15) is 22.4 Å². The van der Waals surface area contributed by atoms with Gasteiger partial charge in [0.1, 0.15) is 13.2 Å². The summed E-state index contributed by atoms with van der Waals surface area (Å²) in [7, 11) is 6.54. The molecule has 2 aromatic heterocycles. The highest BCUT2D eigenvalue weighted by Crippen LogP contribution is 2.22. The maximum absolute atomic E-state index is 6.10. The third-order valence-corrected chi connectivity index (χ3v) is 4.10. The highest BCUT2D eigenvalue weighted by Gasteiger charge is 2.15. The van der Waals surface area contributed by atoms with Crippen LogP contribution in [-0.4, -0.2) is 35.0 Å². The van der Waals surface area contributed by atoms with E-state index in [1.165, 1.54) is 22.4 Å². The quantitative estimate of drug-likeness (QED) is 0.423. The number of halogens is 1. The van der Waals surface area contributed by atoms with Crippen molar-refractivity contribution >= 4 is 5.65 Å². The molecule has 0 atom stereocenters. The number of hydrogen-bond acceptors (Lipinski definition) is 2. The van der Waals surface area contributed by atoms with Crippen LogP contribution in [0.3, 0.4) is 0 Å². The number of hydrogen-bond donors (Lipinski definition) is 0. The molecule has 25 heavy (non-hydrogen) atoms. The van der Waals surface area contributed by atoms with E-state index in [1.807, 2.05) is 18.3 Å². The number of quaternary nitrogens is 1. The Hall–Kier alpha value is -1.60. The van der Waals surface area contributed by atoms with Gasteiger partial charge in [-0.15, -0.1) is 0 Å². The van der Waals surface area contributed by atoms with Gasteiger partial charge in [-0.3, -0.25) is 4.40 Å². The zero-order chi connectivity index (χ0) is 17.3. The lowest BCUT2D eigenvalue weighted by Crippen LogP contribution is -3.00. The summed E-state index contributed by atoms with van der Waals surface area (Å²) in [5, 5.41) is 0. The van der Waals surface area contributed by atoms with Gasteiger partial charge in [0.2, 0.25) is 0 Å². The summed E-state index contributed by atoms with van der Waals surface area (Å²) in [5.41, 5.74) is 5.79. The van der Waals surface area contributed by atoms with Gasteiger partial charge >= 0.3 is 0 Å². The van der Waals surface area contributed by atoms with E-state index in [0.29, 0.717) is 6.61 Å². The van der Waals surface area contributed by atoms with Gasteiger partial charge in [0.25, 0.3) is 0 Å². The van der Waals surface area contributed by atoms with Crippen LogP contribution < -0.4 is 28.7 Å². The second-order valence-electron chi connectivity index (χ2n) is 7.48. The molecule has 0 saturated carbocycles. The SMILES string of the molecule is Cc1ccc(C)c(COc2cccn3c(C[N+](C)(C)C)cnc23)c1.[I-]. The maximum atomic E-state index is 6.10. The van der Waals surface area contributed by atoms with Crippen LogP contribution in [0.5, 0.6) is 5.75 Å². The summed E-state index contributed by atoms with van der Waals surface area (Å²) in [6, 6.07) is 10.5. The molecule has 1 aromatic carbocycles. The van der Waals surface area contributed by atoms with Crippen LogP contribution in [0.4, 0.5) is 0 Å². The minimum Gasteiger partial charge on any atom is -1.00 e. The molecule has 3 rings (SSSR count). The van der Waals surface area contributed by atoms with Gasteiger partial charge in [0.05, 0.1) is 33.0 Å². The molecular formula is C20H26IN3O. The minimum atomic E-state index is 0. The average molecular weight is 451 g/mol. The van der Waals surface area contributed by atoms with Crippen molar-refractivity contribution in [2.45, 2.75) is 27.0 Å². The number of ether oxygens (including phenoxy) is 1. The van der Waals surface area contributed by atoms with Crippen LogP contribution in [0.15, 0.2) is 42.7 Å². The van der Waals surface area contributed by atoms with Crippen molar-refractivity contribution < 1.29 is 33.2 Å². The molecule has 0 aliphatic heterocycles. The van der Waals surface area contributed by atoms with Crippen molar-refractivity contribution in [2.24, 2.45) is 0 Å². The van der Waals surface area contributed by atoms with Crippen molar-refractivity contribution in [2.75, 3.05) is 21.1 Å². The summed E-state index contributed by atoms with van der Waals surface area (Å²) in [5.74, 6) is 0.825. The zero-order valence-electron chi connectivity index (χ0n) is 15.6. The third-order valence-electron chi connectivity index (χ3n) is 4.10. The lowest BCUT2D eigenvalue weighted by atomic mass is 10.1. The molecule has 5 heteroatoms. The van der Waals surface area contributed by atoms with E-state index in [-0.39, 0.29) is 24.0 Å². The first kappa shape index (κ1) is 19.7. The smallest absolute Gasteiger partial charge is 0.180 e. The summed E-state index contributed by atoms with van der Waals surface area (Å²) < 4.78 is 9.09. The number of fused-ring (bicyclic) bond motifs is 1. The van der Waals surface area contributed by atoms with Gasteiger partial charge in [-0.05, 0) is 37.1 Å². The number of benzene rings is 1. The van der Waals surface area contributed by atoms with Gasteiger partial charge < -0.3 is 33.2 Å². The third kappa shape index (κ3) is 4.73. The molecule has 0 saturated heterocycles. The van der Waals surface area contributed by atoms with Crippen LogP contribution in [0.25, 0.3) is 5.65 Å². The largest absolute Gasteiger partial charge is 1.00 e. The Balaban J connectivity index is 0.00000225. The number of rotatable bonds is 5. The average Bonchev–Trinajstić information content (AvgIpc) is 2.90. The normalized spacial score (nSPS) is 11.4. The van der Waals surface area contributed by atoms with Crippen molar-refractivity contribution in [1.82, 2.24) is 9.38 Å². The van der Waals surface area contributed by atoms with E-state index in [4.69, 9.17) is 4.74 Å². The molecule has 0 aliphatic rings. The Labute approximate surface area is 167 Å². The van der Waals surface area contributed by atoms with E-state index < -0.39 is 0 Å². The Kier molecular flexibility index (Phi) is 6.11. The molecule has 0 bridgehead atoms. The lowest BCUT2D eigenvalue weighted by molar-refractivity contribution is -0.884. The Morgan fingerprint density at radius 2 is 1.88 bits per heavy atom. The van der Waals surface area contributed by atoms with Crippen LogP contribution in [-0.2, 0) is 13.2 Å². The van der Waals surface area contributed by atoms with Crippen molar-refractivity contribution in [1.29, 1.82) is 0 Å². The van der Waals surface area contributed by atoms with E-state index >= 15 is 0 Å². The summed E-state index contributed by atoms with van der Waals surface area (Å²) >= 11 is 0. The highest BCUT2D eigenvalue weighted by atomic mass is 127. The Morgan fingerprint density at radius 1 is 1.12 bits per heavy atom. The number of pyridine rings is 1. The van der Waals surface area contributed by atoms with Crippen molar-refractivity contribution in [3.8, 4) is 5.75 Å². The highest BCUT2D eigenvalue weighted by molar-refractivity contribution is 5.54. The predicted octanol–water partition coefficient (Wildman–Crippen LogP) is 0.740. The summed E-state index contributed by atoms with van der Waals surface area (Å²) in [6.45, 7) is 5.70. The molecule has 4 nitrogen and oxygen atoms in total. The number of imidazole rings is 1. The van der Waals surface area contributed by atoms with Crippen LogP contribution in [0.2, 0.25) is 0 Å². The fraction of sp³-hybridized carbons (Fsp3) is 0.350. The second-order valence-corrected chi connectivity index (χ2v) is 7.48. The lowest BCUT2D eigenvalue weighted by Gasteiger charge is -2.23. The minimum absolute atomic E-state index is 0. The van der Waals surface area contributed by atoms with Gasteiger partial charge in [-0.2, -0.15) is 0 Å². The van der Waals surface area contributed by atoms with Crippen molar-refractivity contribution in [3.63, 3.8) is 0 Å². The van der Waals surface area contributed by atoms with Crippen molar-refractivity contribution in [3.05, 3.63) is 65.1 Å². The standard InChI is InChI=1S/C20H26N3O.HI/c1-15-8-9-16(2)17(11-15)14-24-19-7-6-10-22-18(12-21-20(19)22)13-23(3,4)5;/h6-12H,13-14H2,1-5H3;1H/q+1;/p-1. The molecule has 0 spiro atoms. The van der Waals surface area contributed by atoms with E-state index in [1.54, 1.807) is 0 Å². The first-order valence-corrected chi connectivity index (χ1v) is 8.28. The first-order chi connectivity index (χ1) is 11.3. The number of aromatic nitrogens is 2. The first-order valence-electron chi connectivity index (χ1n) is 8.28. The number of aryl methyl sites for hydroxylation is 2. The second kappa shape index (κ2) is 7.74. The molecule has 0 amide bonds. The van der Waals surface area contributed by atoms with Gasteiger partial charge in [-0.1, -0.05) is 23.8 Å². The molecular weight excluding hydrogens is 425 g/mol. The molecule has 0 radical (unpaired) electrons. The maximum Gasteiger partial charge on any atom is 0.180 e. The van der Waals surface area contributed by atoms with E-state index in [9.17, 15) is 0 Å². The predicted molar refractivity (Wildman–Crippen MR) is 97.2 cm³/mol. The molecule has 134 valence electrons. The van der Waals surface area contributed by atoms with Gasteiger partial charge in [0.15, 0.2) is 11.4 Å². The fourth-order valence-corrected chi connectivity index (χ4v) is 2.86. The molecule has 0 aliphatic carbocycles. The van der Waals surface area contributed by atoms with E-state index in [0.717, 1.165) is 22.4 Å². The summed E-state index contributed by atoms with van der Waals surface area (Å²) in [6.07, 6.45) is 4.00. The zero-order valence-corrected chi connectivity index (χ0v) is 17.7. The van der Waals surface area contributed by atoms with Gasteiger partial charge in [-0.25, -0.2) is 4.98 Å². The monoisotopic (exact) mass is 451 g/mol. The summed E-state index contributed by atoms with van der Waals surface area (Å²) in [4.78, 5) is 4.58. The molecule has 0 unspecified atom stereocenters.